The first-order valence-corrected chi connectivity index (χ1v) is 8.61. The van der Waals surface area contributed by atoms with Crippen molar-refractivity contribution in [2.45, 2.75) is 24.4 Å². The number of nitro groups is 1. The molecule has 4 atom stereocenters. The van der Waals surface area contributed by atoms with Crippen molar-refractivity contribution in [2.75, 3.05) is 18.5 Å². The van der Waals surface area contributed by atoms with Crippen LogP contribution in [0.4, 0.5) is 21.7 Å². The molecule has 2 fully saturated rings. The summed E-state index contributed by atoms with van der Waals surface area (Å²) in [5, 5.41) is 23.5. The predicted molar refractivity (Wildman–Crippen MR) is 93.3 cm³/mol. The van der Waals surface area contributed by atoms with E-state index in [0.29, 0.717) is 0 Å². The number of ether oxygens (including phenoxy) is 3. The zero-order valence-corrected chi connectivity index (χ0v) is 14.9. The maximum Gasteiger partial charge on any atom is 0.306 e. The highest BCUT2D eigenvalue weighted by Gasteiger charge is 2.48. The van der Waals surface area contributed by atoms with Gasteiger partial charge in [-0.2, -0.15) is 9.37 Å². The van der Waals surface area contributed by atoms with Gasteiger partial charge < -0.3 is 24.6 Å². The Bertz CT molecular complexity index is 919. The third-order valence-electron chi connectivity index (χ3n) is 4.36. The Labute approximate surface area is 162 Å². The fourth-order valence-electron chi connectivity index (χ4n) is 3.04. The van der Waals surface area contributed by atoms with Gasteiger partial charge >= 0.3 is 5.69 Å². The molecule has 2 aromatic rings. The van der Waals surface area contributed by atoms with Crippen LogP contribution < -0.4 is 10.1 Å². The Morgan fingerprint density at radius 1 is 1.36 bits per heavy atom. The fraction of sp³-hybridized carbons (Fsp3) is 0.375. The third kappa shape index (κ3) is 3.56. The molecule has 0 amide bonds. The van der Waals surface area contributed by atoms with Crippen LogP contribution in [0.2, 0.25) is 5.02 Å². The summed E-state index contributed by atoms with van der Waals surface area (Å²) in [6.45, 7) is 0.350. The van der Waals surface area contributed by atoms with Crippen LogP contribution in [0.15, 0.2) is 24.4 Å². The number of rotatable bonds is 5. The molecule has 148 valence electrons. The molecular weight excluding hydrogens is 399 g/mol. The predicted octanol–water partition coefficient (Wildman–Crippen LogP) is 1.83. The molecular formula is C16H14ClFN4O6. The van der Waals surface area contributed by atoms with Gasteiger partial charge in [-0.15, -0.1) is 0 Å². The molecule has 1 aromatic heterocycles. The van der Waals surface area contributed by atoms with Gasteiger partial charge in [0.1, 0.15) is 23.3 Å². The second kappa shape index (κ2) is 7.43. The number of fused-ring (bicyclic) bond motifs is 1. The number of nitrogens with one attached hydrogen (secondary N) is 1. The van der Waals surface area contributed by atoms with Crippen molar-refractivity contribution < 1.29 is 28.6 Å². The summed E-state index contributed by atoms with van der Waals surface area (Å²) in [6, 6.07) is 3.30. The number of benzene rings is 1. The summed E-state index contributed by atoms with van der Waals surface area (Å²) in [5.41, 5.74) is -0.464. The molecule has 3 heterocycles. The number of nitro benzene ring substituents is 1. The van der Waals surface area contributed by atoms with E-state index in [1.54, 1.807) is 0 Å². The molecule has 0 aliphatic carbocycles. The standard InChI is InChI=1S/C16H14ClFN4O6/c17-8-4-19-16(20-7-1-2-9(18)10(3-7)22(24)25)21-15(8)28-12-6-27-13-11(23)5-26-14(12)13/h1-4,11-14,23H,5-6H2,(H,19,20,21)/t11-,12-,13-,14-/m1/s1. The van der Waals surface area contributed by atoms with Gasteiger partial charge in [0.2, 0.25) is 17.6 Å². The zero-order valence-electron chi connectivity index (χ0n) is 14.1. The van der Waals surface area contributed by atoms with E-state index in [1.165, 1.54) is 12.3 Å². The van der Waals surface area contributed by atoms with Crippen LogP contribution in [0.3, 0.4) is 0 Å². The number of aliphatic hydroxyl groups is 1. The lowest BCUT2D eigenvalue weighted by Crippen LogP contribution is -2.34. The molecule has 0 unspecified atom stereocenters. The highest BCUT2D eigenvalue weighted by Crippen LogP contribution is 2.32. The quantitative estimate of drug-likeness (QED) is 0.558. The SMILES string of the molecule is O=[N+]([O-])c1cc(Nc2ncc(Cl)c(O[C@@H]3CO[C@H]4[C@@H]3OC[C@H]4O)n2)ccc1F. The summed E-state index contributed by atoms with van der Waals surface area (Å²) in [6.07, 6.45) is -0.859. The fourth-order valence-corrected chi connectivity index (χ4v) is 3.18. The van der Waals surface area contributed by atoms with Crippen LogP contribution in [0.5, 0.6) is 5.88 Å². The van der Waals surface area contributed by atoms with Crippen molar-refractivity contribution in [1.82, 2.24) is 9.97 Å². The molecule has 1 aromatic carbocycles. The first-order chi connectivity index (χ1) is 13.4. The van der Waals surface area contributed by atoms with Gasteiger partial charge in [0.05, 0.1) is 24.3 Å². The molecule has 0 saturated carbocycles. The molecule has 10 nitrogen and oxygen atoms in total. The molecule has 12 heteroatoms. The smallest absolute Gasteiger partial charge is 0.306 e. The van der Waals surface area contributed by atoms with E-state index >= 15 is 0 Å². The van der Waals surface area contributed by atoms with E-state index < -0.39 is 40.8 Å². The average Bonchev–Trinajstić information content (AvgIpc) is 3.23. The summed E-state index contributed by atoms with van der Waals surface area (Å²) in [4.78, 5) is 18.2. The minimum absolute atomic E-state index is 0.0446. The molecule has 0 spiro atoms. The Balaban J connectivity index is 1.52. The number of aromatic nitrogens is 2. The van der Waals surface area contributed by atoms with Gasteiger partial charge in [-0.05, 0) is 12.1 Å². The summed E-state index contributed by atoms with van der Waals surface area (Å²) < 4.78 is 30.2. The first kappa shape index (κ1) is 18.7. The van der Waals surface area contributed by atoms with Crippen molar-refractivity contribution in [3.63, 3.8) is 0 Å². The van der Waals surface area contributed by atoms with E-state index in [2.05, 4.69) is 15.3 Å². The van der Waals surface area contributed by atoms with E-state index in [1.807, 2.05) is 0 Å². The number of hydrogen-bond acceptors (Lipinski definition) is 9. The summed E-state index contributed by atoms with van der Waals surface area (Å²) in [5.74, 6) is -0.857. The maximum atomic E-state index is 13.5. The van der Waals surface area contributed by atoms with Crippen LogP contribution in [0, 0.1) is 15.9 Å². The van der Waals surface area contributed by atoms with Crippen molar-refractivity contribution in [2.24, 2.45) is 0 Å². The largest absolute Gasteiger partial charge is 0.468 e. The maximum absolute atomic E-state index is 13.5. The van der Waals surface area contributed by atoms with Crippen LogP contribution in [0.25, 0.3) is 0 Å². The zero-order chi connectivity index (χ0) is 19.8. The van der Waals surface area contributed by atoms with Crippen LogP contribution in [0.1, 0.15) is 0 Å². The molecule has 0 radical (unpaired) electrons. The van der Waals surface area contributed by atoms with E-state index in [9.17, 15) is 19.6 Å². The van der Waals surface area contributed by atoms with Gasteiger partial charge in [0, 0.05) is 11.8 Å². The van der Waals surface area contributed by atoms with Gasteiger partial charge in [0.25, 0.3) is 0 Å². The summed E-state index contributed by atoms with van der Waals surface area (Å²) in [7, 11) is 0. The Hall–Kier alpha value is -2.60. The lowest BCUT2D eigenvalue weighted by molar-refractivity contribution is -0.387. The van der Waals surface area contributed by atoms with Gasteiger partial charge in [-0.25, -0.2) is 4.98 Å². The molecule has 2 N–H and O–H groups in total. The number of nitrogens with zero attached hydrogens (tertiary/aromatic N) is 3. The topological polar surface area (TPSA) is 129 Å². The summed E-state index contributed by atoms with van der Waals surface area (Å²) >= 11 is 6.09. The molecule has 4 rings (SSSR count). The average molecular weight is 413 g/mol. The third-order valence-corrected chi connectivity index (χ3v) is 4.62. The van der Waals surface area contributed by atoms with E-state index in [4.69, 9.17) is 25.8 Å². The number of halogens is 2. The van der Waals surface area contributed by atoms with Crippen LogP contribution in [-0.2, 0) is 9.47 Å². The normalized spacial score (nSPS) is 26.1. The number of aliphatic hydroxyl groups excluding tert-OH is 1. The Morgan fingerprint density at radius 3 is 2.93 bits per heavy atom. The minimum Gasteiger partial charge on any atom is -0.468 e. The van der Waals surface area contributed by atoms with Crippen molar-refractivity contribution in [3.8, 4) is 5.88 Å². The monoisotopic (exact) mass is 412 g/mol. The highest BCUT2D eigenvalue weighted by atomic mass is 35.5. The molecule has 2 aliphatic rings. The second-order valence-electron chi connectivity index (χ2n) is 6.21. The van der Waals surface area contributed by atoms with Crippen molar-refractivity contribution in [3.05, 3.63) is 45.4 Å². The van der Waals surface area contributed by atoms with Crippen LogP contribution >= 0.6 is 11.6 Å². The molecule has 0 bridgehead atoms. The molecule has 28 heavy (non-hydrogen) atoms. The second-order valence-corrected chi connectivity index (χ2v) is 6.62. The van der Waals surface area contributed by atoms with E-state index in [-0.39, 0.29) is 35.8 Å². The lowest BCUT2D eigenvalue weighted by Gasteiger charge is -2.18. The molecule has 2 saturated heterocycles. The van der Waals surface area contributed by atoms with Gasteiger partial charge in [0.15, 0.2) is 6.10 Å². The minimum atomic E-state index is -0.953. The first-order valence-electron chi connectivity index (χ1n) is 8.24. The lowest BCUT2D eigenvalue weighted by atomic mass is 10.1. The van der Waals surface area contributed by atoms with Crippen molar-refractivity contribution >= 4 is 28.9 Å². The van der Waals surface area contributed by atoms with Crippen molar-refractivity contribution in [1.29, 1.82) is 0 Å². The molecule has 2 aliphatic heterocycles. The highest BCUT2D eigenvalue weighted by molar-refractivity contribution is 6.31. The van der Waals surface area contributed by atoms with Gasteiger partial charge in [-0.3, -0.25) is 10.1 Å². The Morgan fingerprint density at radius 2 is 2.14 bits per heavy atom. The number of hydrogen-bond donors (Lipinski definition) is 2. The Kier molecular flexibility index (Phi) is 4.98. The van der Waals surface area contributed by atoms with Crippen LogP contribution in [-0.4, -0.2) is 57.6 Å². The number of anilines is 2. The van der Waals surface area contributed by atoms with E-state index in [0.717, 1.165) is 12.1 Å². The van der Waals surface area contributed by atoms with Gasteiger partial charge in [-0.1, -0.05) is 11.6 Å².